The summed E-state index contributed by atoms with van der Waals surface area (Å²) >= 11 is 0. The van der Waals surface area contributed by atoms with Crippen LogP contribution in [0.4, 0.5) is 4.79 Å². The van der Waals surface area contributed by atoms with Crippen LogP contribution in [0.5, 0.6) is 11.6 Å². The number of nitrogens with two attached hydrogens (primary N) is 1. The van der Waals surface area contributed by atoms with Crippen molar-refractivity contribution < 1.29 is 19.1 Å². The number of aromatic nitrogens is 2. The van der Waals surface area contributed by atoms with Crippen LogP contribution < -0.4 is 20.5 Å². The summed E-state index contributed by atoms with van der Waals surface area (Å²) in [5.41, 5.74) is 11.6. The van der Waals surface area contributed by atoms with Gasteiger partial charge in [0.2, 0.25) is 11.7 Å². The first kappa shape index (κ1) is 35.6. The van der Waals surface area contributed by atoms with Crippen LogP contribution in [0.3, 0.4) is 0 Å². The smallest absolute Gasteiger partial charge is 0.321 e. The van der Waals surface area contributed by atoms with Crippen LogP contribution >= 0.6 is 0 Å². The quantitative estimate of drug-likeness (QED) is 0.137. The summed E-state index contributed by atoms with van der Waals surface area (Å²) in [5, 5.41) is 3.00. The number of primary amides is 1. The van der Waals surface area contributed by atoms with Crippen molar-refractivity contribution in [3.8, 4) is 23.5 Å². The molecule has 52 heavy (non-hydrogen) atoms. The molecule has 0 spiro atoms. The third-order valence-corrected chi connectivity index (χ3v) is 8.64. The summed E-state index contributed by atoms with van der Waals surface area (Å²) in [6, 6.07) is 35.4. The molecule has 0 bridgehead atoms. The lowest BCUT2D eigenvalue weighted by molar-refractivity contribution is -0.117. The highest BCUT2D eigenvalue weighted by Crippen LogP contribution is 2.35. The van der Waals surface area contributed by atoms with E-state index >= 15 is 0 Å². The lowest BCUT2D eigenvalue weighted by Crippen LogP contribution is -2.37. The predicted octanol–water partition coefficient (Wildman–Crippen LogP) is 6.00. The van der Waals surface area contributed by atoms with E-state index in [0.717, 1.165) is 33.4 Å². The van der Waals surface area contributed by atoms with Crippen LogP contribution in [0.25, 0.3) is 0 Å². The number of urea groups is 1. The van der Waals surface area contributed by atoms with Crippen LogP contribution in [0.15, 0.2) is 116 Å². The Balaban J connectivity index is 1.17. The fourth-order valence-corrected chi connectivity index (χ4v) is 6.01. The van der Waals surface area contributed by atoms with E-state index in [1.54, 1.807) is 0 Å². The van der Waals surface area contributed by atoms with Crippen molar-refractivity contribution in [2.75, 3.05) is 13.1 Å². The Morgan fingerprint density at radius 1 is 0.827 bits per heavy atom. The minimum absolute atomic E-state index is 0.0279. The third kappa shape index (κ3) is 9.33. The Bertz CT molecular complexity index is 2010. The summed E-state index contributed by atoms with van der Waals surface area (Å²) in [4.78, 5) is 37.6. The highest BCUT2D eigenvalue weighted by atomic mass is 16.5. The highest BCUT2D eigenvalue weighted by molar-refractivity contribution is 5.78. The maximum atomic E-state index is 13.9. The molecule has 264 valence electrons. The van der Waals surface area contributed by atoms with Gasteiger partial charge in [0.15, 0.2) is 0 Å². The number of hydrogen-bond donors (Lipinski definition) is 2. The Hall–Kier alpha value is -6.18. The Labute approximate surface area is 304 Å². The molecule has 2 heterocycles. The van der Waals surface area contributed by atoms with Gasteiger partial charge < -0.3 is 30.3 Å². The van der Waals surface area contributed by atoms with Crippen LogP contribution in [0.2, 0.25) is 0 Å². The van der Waals surface area contributed by atoms with Crippen molar-refractivity contribution in [3.63, 3.8) is 0 Å². The van der Waals surface area contributed by atoms with Gasteiger partial charge in [0.25, 0.3) is 5.88 Å². The van der Waals surface area contributed by atoms with Gasteiger partial charge in [-0.15, -0.1) is 0 Å². The van der Waals surface area contributed by atoms with Gasteiger partial charge >= 0.3 is 6.03 Å². The monoisotopic (exact) mass is 694 g/mol. The van der Waals surface area contributed by atoms with Gasteiger partial charge in [0.05, 0.1) is 19.1 Å². The van der Waals surface area contributed by atoms with Crippen LogP contribution in [0.1, 0.15) is 59.0 Å². The molecule has 0 saturated carbocycles. The maximum absolute atomic E-state index is 13.9. The second-order valence-corrected chi connectivity index (χ2v) is 12.8. The largest absolute Gasteiger partial charge is 0.482 e. The van der Waals surface area contributed by atoms with E-state index in [0.29, 0.717) is 43.6 Å². The molecule has 1 aliphatic rings. The average molecular weight is 695 g/mol. The number of nitrogens with zero attached hydrogens (tertiary/aromatic N) is 4. The van der Waals surface area contributed by atoms with Crippen molar-refractivity contribution in [2.45, 2.75) is 52.2 Å². The number of hydrogen-bond acceptors (Lipinski definition) is 7. The number of carbonyl (C=O) groups excluding carboxylic acids is 2. The Morgan fingerprint density at radius 3 is 2.02 bits per heavy atom. The first-order chi connectivity index (χ1) is 25.3. The number of nitrogens with one attached hydrogen (secondary N) is 1. The van der Waals surface area contributed by atoms with Crippen LogP contribution in [-0.2, 0) is 31.1 Å². The van der Waals surface area contributed by atoms with Crippen molar-refractivity contribution in [1.82, 2.24) is 25.1 Å². The summed E-state index contributed by atoms with van der Waals surface area (Å²) in [7, 11) is 0. The zero-order valence-electron chi connectivity index (χ0n) is 29.4. The number of benzene rings is 4. The van der Waals surface area contributed by atoms with Crippen LogP contribution in [-0.4, -0.2) is 50.8 Å². The molecule has 0 radical (unpaired) electrons. The van der Waals surface area contributed by atoms with Crippen LogP contribution in [0, 0.1) is 11.8 Å². The van der Waals surface area contributed by atoms with E-state index in [2.05, 4.69) is 27.1 Å². The lowest BCUT2D eigenvalue weighted by atomic mass is 10.0. The molecule has 1 atom stereocenters. The van der Waals surface area contributed by atoms with E-state index < -0.39 is 0 Å². The first-order valence-corrected chi connectivity index (χ1v) is 17.3. The van der Waals surface area contributed by atoms with Crippen molar-refractivity contribution >= 4 is 11.9 Å². The molecular formula is C42H42N6O4. The lowest BCUT2D eigenvalue weighted by Gasteiger charge is -2.27. The zero-order valence-corrected chi connectivity index (χ0v) is 29.4. The number of carbonyl (C=O) groups is 2. The van der Waals surface area contributed by atoms with Gasteiger partial charge in [0.1, 0.15) is 25.2 Å². The third-order valence-electron chi connectivity index (χ3n) is 8.64. The second kappa shape index (κ2) is 17.2. The summed E-state index contributed by atoms with van der Waals surface area (Å²) < 4.78 is 12.5. The molecule has 6 rings (SSSR count). The molecule has 3 amide bonds. The zero-order chi connectivity index (χ0) is 36.3. The van der Waals surface area contributed by atoms with Crippen molar-refractivity contribution in [3.05, 3.63) is 155 Å². The molecule has 1 fully saturated rings. The van der Waals surface area contributed by atoms with E-state index in [4.69, 9.17) is 15.2 Å². The molecular weight excluding hydrogens is 653 g/mol. The van der Waals surface area contributed by atoms with E-state index in [-0.39, 0.29) is 37.1 Å². The van der Waals surface area contributed by atoms with Crippen molar-refractivity contribution in [2.24, 2.45) is 5.73 Å². The maximum Gasteiger partial charge on any atom is 0.321 e. The number of rotatable bonds is 14. The average Bonchev–Trinajstić information content (AvgIpc) is 3.49. The summed E-state index contributed by atoms with van der Waals surface area (Å²) in [6.07, 6.45) is 1.46. The van der Waals surface area contributed by atoms with E-state index in [9.17, 15) is 9.59 Å². The molecule has 10 heteroatoms. The van der Waals surface area contributed by atoms with Crippen molar-refractivity contribution in [1.29, 1.82) is 0 Å². The van der Waals surface area contributed by atoms with Gasteiger partial charge in [0, 0.05) is 30.3 Å². The van der Waals surface area contributed by atoms with Gasteiger partial charge in [-0.1, -0.05) is 96.8 Å². The SMILES string of the molecule is CC(C)N1C(=O)N(Cc2ncnc(OCc3ccccc3)c2OCc2ccccc2)CC1c1ccc(C#Cc2ccc(CNCC(N)=O)cc2)cc1. The van der Waals surface area contributed by atoms with Gasteiger partial charge in [-0.2, -0.15) is 4.98 Å². The summed E-state index contributed by atoms with van der Waals surface area (Å²) in [6.45, 7) is 6.08. The minimum Gasteiger partial charge on any atom is -0.482 e. The summed E-state index contributed by atoms with van der Waals surface area (Å²) in [5.74, 6) is 6.82. The fraction of sp³-hybridized carbons (Fsp3) is 0.238. The topological polar surface area (TPSA) is 123 Å². The normalized spacial score (nSPS) is 13.9. The van der Waals surface area contributed by atoms with E-state index in [1.807, 2.05) is 133 Å². The molecule has 1 unspecified atom stereocenters. The Morgan fingerprint density at radius 2 is 1.42 bits per heavy atom. The molecule has 4 aromatic carbocycles. The molecule has 10 nitrogen and oxygen atoms in total. The molecule has 3 N–H and O–H groups in total. The van der Waals surface area contributed by atoms with Gasteiger partial charge in [-0.25, -0.2) is 9.78 Å². The number of ether oxygens (including phenoxy) is 2. The fourth-order valence-electron chi connectivity index (χ4n) is 6.01. The van der Waals surface area contributed by atoms with E-state index in [1.165, 1.54) is 6.33 Å². The first-order valence-electron chi connectivity index (χ1n) is 17.3. The predicted molar refractivity (Wildman–Crippen MR) is 199 cm³/mol. The van der Waals surface area contributed by atoms with Gasteiger partial charge in [-0.3, -0.25) is 4.79 Å². The molecule has 5 aromatic rings. The number of amides is 3. The highest BCUT2D eigenvalue weighted by Gasteiger charge is 2.40. The van der Waals surface area contributed by atoms with Gasteiger partial charge in [-0.05, 0) is 60.4 Å². The Kier molecular flexibility index (Phi) is 11.8. The second-order valence-electron chi connectivity index (χ2n) is 12.8. The molecule has 1 saturated heterocycles. The molecule has 1 aliphatic heterocycles. The minimum atomic E-state index is -0.386. The standard InChI is InChI=1S/C42H42N6O4/c1-30(2)48-38(36-21-19-32(20-22-36)14-13-31-15-17-33(18-16-31)23-44-24-39(43)49)26-47(42(48)50)25-37-40(51-27-34-9-5-3-6-10-34)41(46-29-45-37)52-28-35-11-7-4-8-12-35/h3-12,15-22,29-30,38,44H,23-28H2,1-2H3,(H2,43,49). The molecule has 0 aliphatic carbocycles. The molecule has 1 aromatic heterocycles.